The summed E-state index contributed by atoms with van der Waals surface area (Å²) in [6, 6.07) is 14.7. The third kappa shape index (κ3) is 5.36. The maximum atomic E-state index is 10.3. The van der Waals surface area contributed by atoms with Crippen molar-refractivity contribution in [2.45, 2.75) is 0 Å². The molecule has 0 atom stereocenters. The van der Waals surface area contributed by atoms with Crippen LogP contribution < -0.4 is 4.90 Å². The molecule has 0 unspecified atom stereocenters. The molecule has 20 heavy (non-hydrogen) atoms. The first-order valence-electron chi connectivity index (χ1n) is 6.00. The SMILES string of the molecule is CN(C)c1ccc(C=O)cc1.O=Cc1ccc(Br)cc1. The first kappa shape index (κ1) is 16.1. The van der Waals surface area contributed by atoms with Crippen molar-refractivity contribution in [3.05, 3.63) is 64.1 Å². The van der Waals surface area contributed by atoms with E-state index in [0.717, 1.165) is 28.3 Å². The van der Waals surface area contributed by atoms with Crippen LogP contribution in [-0.2, 0) is 0 Å². The van der Waals surface area contributed by atoms with Crippen LogP contribution in [0.3, 0.4) is 0 Å². The van der Waals surface area contributed by atoms with Gasteiger partial charge in [0, 0.05) is 35.4 Å². The molecule has 0 fully saturated rings. The Morgan fingerprint density at radius 1 is 0.800 bits per heavy atom. The van der Waals surface area contributed by atoms with E-state index in [0.29, 0.717) is 5.56 Å². The molecular weight excluding hydrogens is 318 g/mol. The van der Waals surface area contributed by atoms with Gasteiger partial charge in [0.2, 0.25) is 0 Å². The zero-order chi connectivity index (χ0) is 15.0. The minimum atomic E-state index is 0.707. The molecule has 0 aliphatic rings. The Labute approximate surface area is 127 Å². The van der Waals surface area contributed by atoms with Crippen molar-refractivity contribution < 1.29 is 9.59 Å². The number of hydrogen-bond acceptors (Lipinski definition) is 3. The first-order valence-corrected chi connectivity index (χ1v) is 6.79. The number of halogens is 1. The quantitative estimate of drug-likeness (QED) is 0.801. The Morgan fingerprint density at radius 3 is 1.55 bits per heavy atom. The number of carbonyl (C=O) groups is 2. The Morgan fingerprint density at radius 2 is 1.20 bits per heavy atom. The maximum Gasteiger partial charge on any atom is 0.150 e. The molecule has 0 N–H and O–H groups in total. The minimum Gasteiger partial charge on any atom is -0.378 e. The Hall–Kier alpha value is -1.94. The second kappa shape index (κ2) is 8.27. The van der Waals surface area contributed by atoms with Crippen molar-refractivity contribution in [1.82, 2.24) is 0 Å². The molecule has 0 aromatic heterocycles. The molecule has 0 radical (unpaired) electrons. The number of benzene rings is 2. The number of nitrogens with zero attached hydrogens (tertiary/aromatic N) is 1. The van der Waals surface area contributed by atoms with Crippen LogP contribution >= 0.6 is 15.9 Å². The van der Waals surface area contributed by atoms with E-state index < -0.39 is 0 Å². The van der Waals surface area contributed by atoms with Crippen molar-refractivity contribution in [2.24, 2.45) is 0 Å². The van der Waals surface area contributed by atoms with Gasteiger partial charge in [-0.2, -0.15) is 0 Å². The fraction of sp³-hybridized carbons (Fsp3) is 0.125. The average Bonchev–Trinajstić information content (AvgIpc) is 2.49. The standard InChI is InChI=1S/C9H11NO.C7H5BrO/c1-10(2)9-5-3-8(7-11)4-6-9;8-7-3-1-6(5-9)2-4-7/h3-7H,1-2H3;1-5H. The van der Waals surface area contributed by atoms with E-state index in [-0.39, 0.29) is 0 Å². The summed E-state index contributed by atoms with van der Waals surface area (Å²) in [5, 5.41) is 0. The highest BCUT2D eigenvalue weighted by Crippen LogP contribution is 2.10. The molecule has 3 nitrogen and oxygen atoms in total. The summed E-state index contributed by atoms with van der Waals surface area (Å²) in [5.74, 6) is 0. The van der Waals surface area contributed by atoms with Gasteiger partial charge in [-0.3, -0.25) is 9.59 Å². The molecule has 104 valence electrons. The van der Waals surface area contributed by atoms with Crippen LogP contribution in [0.4, 0.5) is 5.69 Å². The second-order valence-corrected chi connectivity index (χ2v) is 5.19. The van der Waals surface area contributed by atoms with E-state index in [4.69, 9.17) is 0 Å². The van der Waals surface area contributed by atoms with Crippen molar-refractivity contribution >= 4 is 34.2 Å². The lowest BCUT2D eigenvalue weighted by atomic mass is 10.2. The summed E-state index contributed by atoms with van der Waals surface area (Å²) in [5.41, 5.74) is 2.53. The Bertz CT molecular complexity index is 548. The Kier molecular flexibility index (Phi) is 6.67. The van der Waals surface area contributed by atoms with E-state index in [2.05, 4.69) is 15.9 Å². The lowest BCUT2D eigenvalue weighted by Gasteiger charge is -2.11. The highest BCUT2D eigenvalue weighted by molar-refractivity contribution is 9.10. The second-order valence-electron chi connectivity index (χ2n) is 4.27. The van der Waals surface area contributed by atoms with E-state index in [1.165, 1.54) is 0 Å². The molecule has 4 heteroatoms. The highest BCUT2D eigenvalue weighted by atomic mass is 79.9. The normalized spacial score (nSPS) is 9.15. The monoisotopic (exact) mass is 333 g/mol. The summed E-state index contributed by atoms with van der Waals surface area (Å²) in [4.78, 5) is 22.4. The van der Waals surface area contributed by atoms with Crippen LogP contribution in [0.5, 0.6) is 0 Å². The third-order valence-electron chi connectivity index (χ3n) is 2.55. The van der Waals surface area contributed by atoms with Gasteiger partial charge in [0.05, 0.1) is 0 Å². The van der Waals surface area contributed by atoms with E-state index in [9.17, 15) is 9.59 Å². The maximum absolute atomic E-state index is 10.3. The van der Waals surface area contributed by atoms with Crippen molar-refractivity contribution in [3.63, 3.8) is 0 Å². The van der Waals surface area contributed by atoms with Gasteiger partial charge in [0.25, 0.3) is 0 Å². The number of aldehydes is 2. The molecule has 2 aromatic carbocycles. The van der Waals surface area contributed by atoms with Gasteiger partial charge in [-0.05, 0) is 36.4 Å². The number of rotatable bonds is 3. The lowest BCUT2D eigenvalue weighted by Crippen LogP contribution is -2.08. The predicted molar refractivity (Wildman–Crippen MR) is 85.7 cm³/mol. The zero-order valence-electron chi connectivity index (χ0n) is 11.4. The summed E-state index contributed by atoms with van der Waals surface area (Å²) in [6.07, 6.45) is 1.67. The largest absolute Gasteiger partial charge is 0.378 e. The zero-order valence-corrected chi connectivity index (χ0v) is 13.0. The molecule has 0 spiro atoms. The molecule has 0 heterocycles. The molecule has 0 saturated carbocycles. The minimum absolute atomic E-state index is 0.707. The van der Waals surface area contributed by atoms with Crippen molar-refractivity contribution in [2.75, 3.05) is 19.0 Å². The van der Waals surface area contributed by atoms with Crippen molar-refractivity contribution in [3.8, 4) is 0 Å². The fourth-order valence-electron chi connectivity index (χ4n) is 1.39. The molecular formula is C16H16BrNO2. The van der Waals surface area contributed by atoms with Crippen molar-refractivity contribution in [1.29, 1.82) is 0 Å². The molecule has 0 aliphatic carbocycles. The average molecular weight is 334 g/mol. The summed E-state index contributed by atoms with van der Waals surface area (Å²) in [7, 11) is 3.94. The lowest BCUT2D eigenvalue weighted by molar-refractivity contribution is 0.111. The van der Waals surface area contributed by atoms with Gasteiger partial charge < -0.3 is 4.90 Å². The summed E-state index contributed by atoms with van der Waals surface area (Å²) in [6.45, 7) is 0. The van der Waals surface area contributed by atoms with Gasteiger partial charge in [0.15, 0.2) is 0 Å². The third-order valence-corrected chi connectivity index (χ3v) is 3.08. The van der Waals surface area contributed by atoms with Crippen LogP contribution in [-0.4, -0.2) is 26.7 Å². The smallest absolute Gasteiger partial charge is 0.150 e. The molecule has 2 rings (SSSR count). The summed E-state index contributed by atoms with van der Waals surface area (Å²) < 4.78 is 0.994. The van der Waals surface area contributed by atoms with Crippen LogP contribution in [0, 0.1) is 0 Å². The van der Waals surface area contributed by atoms with Crippen LogP contribution in [0.25, 0.3) is 0 Å². The summed E-state index contributed by atoms with van der Waals surface area (Å²) >= 11 is 3.26. The van der Waals surface area contributed by atoms with Crippen LogP contribution in [0.2, 0.25) is 0 Å². The van der Waals surface area contributed by atoms with Gasteiger partial charge in [-0.1, -0.05) is 28.1 Å². The van der Waals surface area contributed by atoms with Crippen LogP contribution in [0.1, 0.15) is 20.7 Å². The molecule has 0 aliphatic heterocycles. The first-order chi connectivity index (χ1) is 9.56. The topological polar surface area (TPSA) is 37.4 Å². The number of hydrogen-bond donors (Lipinski definition) is 0. The molecule has 0 amide bonds. The fourth-order valence-corrected chi connectivity index (χ4v) is 1.66. The Balaban J connectivity index is 0.000000204. The van der Waals surface area contributed by atoms with E-state index >= 15 is 0 Å². The van der Waals surface area contributed by atoms with Crippen LogP contribution in [0.15, 0.2) is 53.0 Å². The molecule has 2 aromatic rings. The van der Waals surface area contributed by atoms with Gasteiger partial charge >= 0.3 is 0 Å². The molecule has 0 saturated heterocycles. The number of anilines is 1. The van der Waals surface area contributed by atoms with Gasteiger partial charge in [0.1, 0.15) is 12.6 Å². The number of carbonyl (C=O) groups excluding carboxylic acids is 2. The van der Waals surface area contributed by atoms with E-state index in [1.54, 1.807) is 12.1 Å². The van der Waals surface area contributed by atoms with Gasteiger partial charge in [-0.15, -0.1) is 0 Å². The van der Waals surface area contributed by atoms with Gasteiger partial charge in [-0.25, -0.2) is 0 Å². The predicted octanol–water partition coefficient (Wildman–Crippen LogP) is 3.83. The van der Waals surface area contributed by atoms with E-state index in [1.807, 2.05) is 55.4 Å². The highest BCUT2D eigenvalue weighted by Gasteiger charge is 1.93. The molecule has 0 bridgehead atoms.